The quantitative estimate of drug-likeness (QED) is 0.567. The monoisotopic (exact) mass is 406 g/mol. The van der Waals surface area contributed by atoms with E-state index in [4.69, 9.17) is 31.3 Å². The van der Waals surface area contributed by atoms with Crippen molar-refractivity contribution in [3.63, 3.8) is 0 Å². The summed E-state index contributed by atoms with van der Waals surface area (Å²) in [5.74, 6) is 1.14. The lowest BCUT2D eigenvalue weighted by Crippen LogP contribution is -2.05. The topological polar surface area (TPSA) is 84.4 Å². The standard InChI is InChI=1S/C18H23N4O3PS/c1-4-24-26(27,25-5-2)12-23-14-8-6-7-13(9-14)15-10-22(3)18-16(15)17(19)20-11-21-18/h6-11H,4-5,12H2,1-3H3,(H2,19,20,21). The van der Waals surface area contributed by atoms with Crippen molar-refractivity contribution in [1.82, 2.24) is 14.5 Å². The van der Waals surface area contributed by atoms with Crippen molar-refractivity contribution in [2.24, 2.45) is 7.05 Å². The molecule has 9 heteroatoms. The van der Waals surface area contributed by atoms with Crippen molar-refractivity contribution < 1.29 is 13.8 Å². The normalized spacial score (nSPS) is 11.8. The molecule has 2 heterocycles. The van der Waals surface area contributed by atoms with Crippen LogP contribution in [-0.2, 0) is 27.9 Å². The lowest BCUT2D eigenvalue weighted by molar-refractivity contribution is 0.240. The summed E-state index contributed by atoms with van der Waals surface area (Å²) >= 11 is 5.51. The predicted molar refractivity (Wildman–Crippen MR) is 111 cm³/mol. The highest BCUT2D eigenvalue weighted by molar-refractivity contribution is 8.09. The summed E-state index contributed by atoms with van der Waals surface area (Å²) in [6, 6.07) is 7.74. The Morgan fingerprint density at radius 1 is 1.19 bits per heavy atom. The first-order valence-corrected chi connectivity index (χ1v) is 11.5. The van der Waals surface area contributed by atoms with Gasteiger partial charge in [-0.25, -0.2) is 9.97 Å². The molecule has 0 fully saturated rings. The molecule has 144 valence electrons. The van der Waals surface area contributed by atoms with Gasteiger partial charge in [-0.2, -0.15) is 0 Å². The Balaban J connectivity index is 1.90. The van der Waals surface area contributed by atoms with Crippen LogP contribution in [0.3, 0.4) is 0 Å². The van der Waals surface area contributed by atoms with E-state index in [1.165, 1.54) is 6.33 Å². The third-order valence-electron chi connectivity index (χ3n) is 3.97. The molecule has 2 aromatic heterocycles. The van der Waals surface area contributed by atoms with Gasteiger partial charge in [0.2, 0.25) is 6.49 Å². The minimum atomic E-state index is -2.45. The van der Waals surface area contributed by atoms with Crippen LogP contribution in [0.4, 0.5) is 5.82 Å². The van der Waals surface area contributed by atoms with Crippen molar-refractivity contribution in [2.75, 3.05) is 25.3 Å². The molecule has 1 aromatic carbocycles. The zero-order chi connectivity index (χ0) is 19.4. The molecule has 2 N–H and O–H groups in total. The van der Waals surface area contributed by atoms with Gasteiger partial charge >= 0.3 is 0 Å². The van der Waals surface area contributed by atoms with Gasteiger partial charge < -0.3 is 24.1 Å². The van der Waals surface area contributed by atoms with E-state index in [-0.39, 0.29) is 6.35 Å². The molecule has 0 spiro atoms. The summed E-state index contributed by atoms with van der Waals surface area (Å²) in [6.07, 6.45) is 3.67. The third-order valence-corrected chi connectivity index (χ3v) is 6.67. The number of aromatic nitrogens is 3. The van der Waals surface area contributed by atoms with E-state index in [0.717, 1.165) is 22.2 Å². The average Bonchev–Trinajstić information content (AvgIpc) is 2.99. The number of rotatable bonds is 8. The Hall–Kier alpha value is -1.99. The van der Waals surface area contributed by atoms with Crippen LogP contribution in [0.25, 0.3) is 22.2 Å². The minimum Gasteiger partial charge on any atom is -0.484 e. The fourth-order valence-electron chi connectivity index (χ4n) is 2.87. The fraction of sp³-hybridized carbons (Fsp3) is 0.333. The maximum atomic E-state index is 6.09. The van der Waals surface area contributed by atoms with Crippen molar-refractivity contribution in [3.05, 3.63) is 36.8 Å². The lowest BCUT2D eigenvalue weighted by atomic mass is 10.1. The summed E-state index contributed by atoms with van der Waals surface area (Å²) in [5.41, 5.74) is 8.78. The van der Waals surface area contributed by atoms with Gasteiger partial charge in [0.1, 0.15) is 23.5 Å². The lowest BCUT2D eigenvalue weighted by Gasteiger charge is -2.21. The summed E-state index contributed by atoms with van der Waals surface area (Å²) < 4.78 is 19.1. The van der Waals surface area contributed by atoms with Gasteiger partial charge in [-0.1, -0.05) is 12.1 Å². The Morgan fingerprint density at radius 2 is 1.93 bits per heavy atom. The predicted octanol–water partition coefficient (Wildman–Crippen LogP) is 3.94. The maximum Gasteiger partial charge on any atom is 0.226 e. The molecule has 0 aliphatic carbocycles. The molecule has 7 nitrogen and oxygen atoms in total. The molecule has 0 amide bonds. The molecule has 3 aromatic rings. The zero-order valence-electron chi connectivity index (χ0n) is 15.6. The molecule has 0 aliphatic heterocycles. The summed E-state index contributed by atoms with van der Waals surface area (Å²) in [7, 11) is 1.93. The van der Waals surface area contributed by atoms with Crippen LogP contribution in [0.5, 0.6) is 5.75 Å². The van der Waals surface area contributed by atoms with E-state index in [1.54, 1.807) is 0 Å². The fourth-order valence-corrected chi connectivity index (χ4v) is 4.97. The molecule has 3 rings (SSSR count). The highest BCUT2D eigenvalue weighted by atomic mass is 32.5. The second kappa shape index (κ2) is 8.35. The molecule has 0 aliphatic rings. The van der Waals surface area contributed by atoms with Crippen LogP contribution in [0.1, 0.15) is 13.8 Å². The summed E-state index contributed by atoms with van der Waals surface area (Å²) in [6.45, 7) is 2.34. The smallest absolute Gasteiger partial charge is 0.226 e. The minimum absolute atomic E-state index is 0.217. The maximum absolute atomic E-state index is 6.09. The third kappa shape index (κ3) is 4.30. The van der Waals surface area contributed by atoms with Gasteiger partial charge in [-0.15, -0.1) is 0 Å². The summed E-state index contributed by atoms with van der Waals surface area (Å²) in [5, 5.41) is 0.825. The van der Waals surface area contributed by atoms with E-state index in [1.807, 2.05) is 55.9 Å². The number of nitrogens with zero attached hydrogens (tertiary/aromatic N) is 3. The highest BCUT2D eigenvalue weighted by Gasteiger charge is 2.19. The number of benzene rings is 1. The molecule has 0 atom stereocenters. The van der Waals surface area contributed by atoms with Crippen molar-refractivity contribution in [3.8, 4) is 16.9 Å². The molecule has 27 heavy (non-hydrogen) atoms. The molecule has 0 saturated heterocycles. The van der Waals surface area contributed by atoms with Crippen molar-refractivity contribution in [2.45, 2.75) is 13.8 Å². The van der Waals surface area contributed by atoms with E-state index >= 15 is 0 Å². The van der Waals surface area contributed by atoms with Gasteiger partial charge in [-0.3, -0.25) is 0 Å². The van der Waals surface area contributed by atoms with Gasteiger partial charge in [0.05, 0.1) is 18.6 Å². The number of hydrogen-bond acceptors (Lipinski definition) is 7. The van der Waals surface area contributed by atoms with Gasteiger partial charge in [0.25, 0.3) is 0 Å². The molecule has 0 radical (unpaired) electrons. The largest absolute Gasteiger partial charge is 0.484 e. The second-order valence-electron chi connectivity index (χ2n) is 5.86. The Morgan fingerprint density at radius 3 is 2.63 bits per heavy atom. The Kier molecular flexibility index (Phi) is 6.11. The van der Waals surface area contributed by atoms with Gasteiger partial charge in [0.15, 0.2) is 6.35 Å². The number of nitrogens with two attached hydrogens (primary N) is 1. The van der Waals surface area contributed by atoms with Crippen LogP contribution >= 0.6 is 6.49 Å². The van der Waals surface area contributed by atoms with Crippen LogP contribution in [0.15, 0.2) is 36.8 Å². The van der Waals surface area contributed by atoms with Crippen LogP contribution in [-0.4, -0.2) is 34.1 Å². The SMILES string of the molecule is CCOP(=S)(COc1cccc(-c2cn(C)c3ncnc(N)c23)c1)OCC. The molecular weight excluding hydrogens is 383 g/mol. The average molecular weight is 406 g/mol. The van der Waals surface area contributed by atoms with E-state index in [2.05, 4.69) is 9.97 Å². The molecule has 0 bridgehead atoms. The number of anilines is 1. The van der Waals surface area contributed by atoms with Crippen molar-refractivity contribution in [1.29, 1.82) is 0 Å². The first-order valence-electron chi connectivity index (χ1n) is 8.64. The van der Waals surface area contributed by atoms with E-state index in [0.29, 0.717) is 24.8 Å². The first kappa shape index (κ1) is 19.8. The number of aryl methyl sites for hydroxylation is 1. The van der Waals surface area contributed by atoms with E-state index in [9.17, 15) is 0 Å². The second-order valence-corrected chi connectivity index (χ2v) is 9.52. The molecule has 0 saturated carbocycles. The molecular formula is C18H23N4O3PS. The Labute approximate surface area is 163 Å². The first-order chi connectivity index (χ1) is 13.0. The van der Waals surface area contributed by atoms with Crippen LogP contribution < -0.4 is 10.5 Å². The number of fused-ring (bicyclic) bond motifs is 1. The van der Waals surface area contributed by atoms with Crippen LogP contribution in [0, 0.1) is 0 Å². The summed E-state index contributed by atoms with van der Waals surface area (Å²) in [4.78, 5) is 8.44. The number of hydrogen-bond donors (Lipinski definition) is 1. The highest BCUT2D eigenvalue weighted by Crippen LogP contribution is 2.48. The van der Waals surface area contributed by atoms with Crippen LogP contribution in [0.2, 0.25) is 0 Å². The van der Waals surface area contributed by atoms with Crippen molar-refractivity contribution >= 4 is 35.1 Å². The van der Waals surface area contributed by atoms with E-state index < -0.39 is 6.49 Å². The molecule has 0 unspecified atom stereocenters. The van der Waals surface area contributed by atoms with Gasteiger partial charge in [0, 0.05) is 18.8 Å². The number of ether oxygens (including phenoxy) is 1. The Bertz CT molecular complexity index is 982. The number of nitrogen functional groups attached to an aromatic ring is 1. The van der Waals surface area contributed by atoms with Gasteiger partial charge in [-0.05, 0) is 43.4 Å². The zero-order valence-corrected chi connectivity index (χ0v) is 17.3.